The molecule has 1 aliphatic heterocycles. The van der Waals surface area contributed by atoms with Crippen molar-refractivity contribution in [3.05, 3.63) is 89.4 Å². The average molecular weight is 477 g/mol. The molecule has 1 aliphatic rings. The molecule has 0 radical (unpaired) electrons. The van der Waals surface area contributed by atoms with E-state index in [0.717, 1.165) is 17.7 Å². The molecule has 4 amide bonds. The lowest BCUT2D eigenvalue weighted by Crippen LogP contribution is -2.46. The van der Waals surface area contributed by atoms with Crippen LogP contribution in [0, 0.1) is 0 Å². The smallest absolute Gasteiger partial charge is 0.319 e. The highest BCUT2D eigenvalue weighted by molar-refractivity contribution is 6.30. The molecule has 3 N–H and O–H groups in total. The number of hydrogen-bond donors (Lipinski definition) is 3. The van der Waals surface area contributed by atoms with Crippen LogP contribution < -0.4 is 20.9 Å². The van der Waals surface area contributed by atoms with Crippen molar-refractivity contribution in [1.82, 2.24) is 5.32 Å². The first-order valence-corrected chi connectivity index (χ1v) is 11.4. The monoisotopic (exact) mass is 476 g/mol. The summed E-state index contributed by atoms with van der Waals surface area (Å²) in [5.41, 5.74) is 2.87. The van der Waals surface area contributed by atoms with Gasteiger partial charge < -0.3 is 20.9 Å². The zero-order chi connectivity index (χ0) is 23.9. The predicted octanol–water partition coefficient (Wildman–Crippen LogP) is 4.84. The molecule has 3 aromatic carbocycles. The molecule has 0 saturated carbocycles. The Bertz CT molecular complexity index is 1150. The first-order chi connectivity index (χ1) is 16.5. The van der Waals surface area contributed by atoms with Gasteiger partial charge in [-0.1, -0.05) is 41.9 Å². The maximum absolute atomic E-state index is 13.1. The molecule has 1 heterocycles. The Labute approximate surface area is 203 Å². The van der Waals surface area contributed by atoms with E-state index >= 15 is 0 Å². The number of nitrogens with one attached hydrogen (secondary N) is 3. The Kier molecular flexibility index (Phi) is 7.44. The summed E-state index contributed by atoms with van der Waals surface area (Å²) in [6.07, 6.45) is 1.73. The van der Waals surface area contributed by atoms with E-state index in [4.69, 9.17) is 11.6 Å². The highest BCUT2D eigenvalue weighted by Gasteiger charge is 2.23. The summed E-state index contributed by atoms with van der Waals surface area (Å²) in [5.74, 6) is -0.240. The molecule has 7 nitrogen and oxygen atoms in total. The van der Waals surface area contributed by atoms with Crippen molar-refractivity contribution >= 4 is 46.5 Å². The zero-order valence-electron chi connectivity index (χ0n) is 18.5. The minimum Gasteiger partial charge on any atom is -0.326 e. The van der Waals surface area contributed by atoms with E-state index in [2.05, 4.69) is 16.0 Å². The number of urea groups is 1. The number of amides is 4. The Morgan fingerprint density at radius 3 is 2.18 bits per heavy atom. The molecular formula is C26H25ClN4O3. The van der Waals surface area contributed by atoms with E-state index < -0.39 is 12.1 Å². The largest absolute Gasteiger partial charge is 0.326 e. The second kappa shape index (κ2) is 10.9. The number of carbonyl (C=O) groups excluding carboxylic acids is 3. The maximum atomic E-state index is 13.1. The van der Waals surface area contributed by atoms with Crippen molar-refractivity contribution in [3.63, 3.8) is 0 Å². The molecule has 3 aromatic rings. The SMILES string of the molecule is O=C(Nc1ccc(Cl)cc1)NC(Cc1ccccc1)C(=O)Nc1ccc(N2CCCC2=O)cc1. The number of rotatable bonds is 7. The van der Waals surface area contributed by atoms with Crippen molar-refractivity contribution in [2.45, 2.75) is 25.3 Å². The Morgan fingerprint density at radius 2 is 1.53 bits per heavy atom. The van der Waals surface area contributed by atoms with Crippen molar-refractivity contribution in [1.29, 1.82) is 0 Å². The van der Waals surface area contributed by atoms with Gasteiger partial charge in [-0.15, -0.1) is 0 Å². The molecule has 1 atom stereocenters. The summed E-state index contributed by atoms with van der Waals surface area (Å²) in [6.45, 7) is 0.705. The zero-order valence-corrected chi connectivity index (χ0v) is 19.2. The van der Waals surface area contributed by atoms with Crippen LogP contribution in [0.2, 0.25) is 5.02 Å². The van der Waals surface area contributed by atoms with Crippen LogP contribution in [0.1, 0.15) is 18.4 Å². The van der Waals surface area contributed by atoms with E-state index in [-0.39, 0.29) is 11.8 Å². The van der Waals surface area contributed by atoms with Gasteiger partial charge in [0.1, 0.15) is 6.04 Å². The van der Waals surface area contributed by atoms with E-state index in [1.165, 1.54) is 0 Å². The van der Waals surface area contributed by atoms with Crippen LogP contribution in [0.15, 0.2) is 78.9 Å². The van der Waals surface area contributed by atoms with Crippen LogP contribution in [0.4, 0.5) is 21.9 Å². The van der Waals surface area contributed by atoms with Gasteiger partial charge in [0.05, 0.1) is 0 Å². The second-order valence-electron chi connectivity index (χ2n) is 8.03. The van der Waals surface area contributed by atoms with Crippen LogP contribution in [-0.2, 0) is 16.0 Å². The van der Waals surface area contributed by atoms with Gasteiger partial charge in [0.2, 0.25) is 11.8 Å². The number of carbonyl (C=O) groups is 3. The fourth-order valence-electron chi connectivity index (χ4n) is 3.79. The standard InChI is InChI=1S/C26H25ClN4O3/c27-19-8-10-21(11-9-19)29-26(34)30-23(17-18-5-2-1-3-6-18)25(33)28-20-12-14-22(15-13-20)31-16-4-7-24(31)32/h1-3,5-6,8-15,23H,4,7,16-17H2,(H,28,33)(H2,29,30,34). The van der Waals surface area contributed by atoms with Gasteiger partial charge in [-0.25, -0.2) is 4.79 Å². The summed E-state index contributed by atoms with van der Waals surface area (Å²) in [7, 11) is 0. The van der Waals surface area contributed by atoms with E-state index in [9.17, 15) is 14.4 Å². The maximum Gasteiger partial charge on any atom is 0.319 e. The summed E-state index contributed by atoms with van der Waals surface area (Å²) in [4.78, 5) is 39.4. The summed E-state index contributed by atoms with van der Waals surface area (Å²) in [5, 5.41) is 8.91. The molecule has 0 spiro atoms. The molecule has 174 valence electrons. The molecule has 4 rings (SSSR count). The lowest BCUT2D eigenvalue weighted by molar-refractivity contribution is -0.118. The first-order valence-electron chi connectivity index (χ1n) is 11.1. The molecular weight excluding hydrogens is 452 g/mol. The highest BCUT2D eigenvalue weighted by Crippen LogP contribution is 2.23. The number of nitrogens with zero attached hydrogens (tertiary/aromatic N) is 1. The minimum atomic E-state index is -0.811. The molecule has 1 saturated heterocycles. The van der Waals surface area contributed by atoms with Crippen molar-refractivity contribution in [3.8, 4) is 0 Å². The fourth-order valence-corrected chi connectivity index (χ4v) is 3.92. The van der Waals surface area contributed by atoms with Gasteiger partial charge >= 0.3 is 6.03 Å². The van der Waals surface area contributed by atoms with Crippen LogP contribution >= 0.6 is 11.6 Å². The lowest BCUT2D eigenvalue weighted by Gasteiger charge is -2.20. The van der Waals surface area contributed by atoms with Crippen LogP contribution in [0.3, 0.4) is 0 Å². The third-order valence-electron chi connectivity index (χ3n) is 5.53. The quantitative estimate of drug-likeness (QED) is 0.455. The number of anilines is 3. The third-order valence-corrected chi connectivity index (χ3v) is 5.78. The molecule has 34 heavy (non-hydrogen) atoms. The summed E-state index contributed by atoms with van der Waals surface area (Å²) >= 11 is 5.89. The number of halogens is 1. The van der Waals surface area contributed by atoms with Gasteiger partial charge in [-0.05, 0) is 60.5 Å². The molecule has 1 fully saturated rings. The van der Waals surface area contributed by atoms with Gasteiger partial charge in [-0.3, -0.25) is 9.59 Å². The van der Waals surface area contributed by atoms with Gasteiger partial charge in [0.25, 0.3) is 0 Å². The van der Waals surface area contributed by atoms with E-state index in [1.54, 1.807) is 41.3 Å². The highest BCUT2D eigenvalue weighted by atomic mass is 35.5. The number of hydrogen-bond acceptors (Lipinski definition) is 3. The van der Waals surface area contributed by atoms with Crippen LogP contribution in [-0.4, -0.2) is 30.4 Å². The molecule has 0 bridgehead atoms. The second-order valence-corrected chi connectivity index (χ2v) is 8.47. The molecule has 8 heteroatoms. The van der Waals surface area contributed by atoms with E-state index in [0.29, 0.717) is 35.8 Å². The normalized spacial score (nSPS) is 13.9. The van der Waals surface area contributed by atoms with Crippen molar-refractivity contribution < 1.29 is 14.4 Å². The summed E-state index contributed by atoms with van der Waals surface area (Å²) < 4.78 is 0. The van der Waals surface area contributed by atoms with Crippen LogP contribution in [0.25, 0.3) is 0 Å². The Balaban J connectivity index is 1.44. The predicted molar refractivity (Wildman–Crippen MR) is 134 cm³/mol. The first kappa shape index (κ1) is 23.3. The van der Waals surface area contributed by atoms with E-state index in [1.807, 2.05) is 42.5 Å². The minimum absolute atomic E-state index is 0.107. The Hall–Kier alpha value is -3.84. The molecule has 0 aliphatic carbocycles. The summed E-state index contributed by atoms with van der Waals surface area (Å²) in [6, 6.07) is 22.0. The van der Waals surface area contributed by atoms with Gasteiger partial charge in [-0.2, -0.15) is 0 Å². The fraction of sp³-hybridized carbons (Fsp3) is 0.192. The van der Waals surface area contributed by atoms with Crippen molar-refractivity contribution in [2.75, 3.05) is 22.1 Å². The lowest BCUT2D eigenvalue weighted by atomic mass is 10.1. The van der Waals surface area contributed by atoms with Crippen LogP contribution in [0.5, 0.6) is 0 Å². The third kappa shape index (κ3) is 6.14. The van der Waals surface area contributed by atoms with Gasteiger partial charge in [0.15, 0.2) is 0 Å². The van der Waals surface area contributed by atoms with Crippen molar-refractivity contribution in [2.24, 2.45) is 0 Å². The molecule has 0 aromatic heterocycles. The molecule has 1 unspecified atom stereocenters. The Morgan fingerprint density at radius 1 is 0.882 bits per heavy atom. The topological polar surface area (TPSA) is 90.5 Å². The number of benzene rings is 3. The van der Waals surface area contributed by atoms with Gasteiger partial charge in [0, 0.05) is 41.5 Å². The average Bonchev–Trinajstić information content (AvgIpc) is 3.27.